The lowest BCUT2D eigenvalue weighted by Crippen LogP contribution is -2.41. The van der Waals surface area contributed by atoms with Gasteiger partial charge >= 0.3 is 18.6 Å². The normalized spacial score (nSPS) is 25.5. The molecule has 0 amide bonds. The maximum Gasteiger partial charge on any atom is 0.336 e. The van der Waals surface area contributed by atoms with E-state index < -0.39 is 54.6 Å². The van der Waals surface area contributed by atoms with E-state index in [4.69, 9.17) is 28.8 Å². The summed E-state index contributed by atoms with van der Waals surface area (Å²) < 4.78 is 65.0. The van der Waals surface area contributed by atoms with Crippen LogP contribution in [0.5, 0.6) is 0 Å². The third-order valence-corrected chi connectivity index (χ3v) is 8.48. The first-order chi connectivity index (χ1) is 20.2. The second-order valence-corrected chi connectivity index (χ2v) is 12.0. The first-order valence-electron chi connectivity index (χ1n) is 12.8. The zero-order valence-electron chi connectivity index (χ0n) is 21.8. The van der Waals surface area contributed by atoms with Crippen molar-refractivity contribution >= 4 is 46.7 Å². The fourth-order valence-corrected chi connectivity index (χ4v) is 6.45. The fraction of sp³-hybridized carbons (Fsp3) is 0.524. The van der Waals surface area contributed by atoms with Crippen LogP contribution in [0.4, 0.5) is 5.82 Å². The van der Waals surface area contributed by atoms with Gasteiger partial charge in [0.05, 0.1) is 38.3 Å². The maximum atomic E-state index is 13.0. The number of imidazole rings is 2. The third-order valence-electron chi connectivity index (χ3n) is 7.07. The Labute approximate surface area is 237 Å². The number of nitrogens with two attached hydrogens (primary N) is 1. The topological polar surface area (TPSA) is 254 Å². The highest BCUT2D eigenvalue weighted by Crippen LogP contribution is 2.32. The van der Waals surface area contributed by atoms with Crippen LogP contribution in [-0.4, -0.2) is 90.4 Å². The van der Waals surface area contributed by atoms with Gasteiger partial charge in [-0.3, -0.25) is 18.1 Å². The van der Waals surface area contributed by atoms with Gasteiger partial charge in [-0.15, -0.1) is 0 Å². The van der Waals surface area contributed by atoms with Crippen molar-refractivity contribution in [2.24, 2.45) is 5.92 Å². The quantitative estimate of drug-likeness (QED) is 0.143. The van der Waals surface area contributed by atoms with Crippen LogP contribution in [0, 0.1) is 5.92 Å². The van der Waals surface area contributed by atoms with E-state index >= 15 is 0 Å². The molecule has 6 rings (SSSR count). The summed E-state index contributed by atoms with van der Waals surface area (Å²) in [6.45, 7) is -0.263. The molecular weight excluding hydrogens is 599 g/mol. The van der Waals surface area contributed by atoms with Crippen molar-refractivity contribution < 1.29 is 36.1 Å². The van der Waals surface area contributed by atoms with Gasteiger partial charge < -0.3 is 34.2 Å². The smallest absolute Gasteiger partial charge is 0.336 e. The van der Waals surface area contributed by atoms with E-state index in [0.29, 0.717) is 29.7 Å². The molecule has 0 radical (unpaired) electrons. The highest BCUT2D eigenvalue weighted by Gasteiger charge is 2.42. The highest BCUT2D eigenvalue weighted by atomic mass is 32.2. The Bertz CT molecular complexity index is 1780. The van der Waals surface area contributed by atoms with Crippen molar-refractivity contribution in [1.82, 2.24) is 43.8 Å². The monoisotopic (exact) mass is 626 g/mol. The van der Waals surface area contributed by atoms with E-state index in [1.165, 1.54) is 19.0 Å². The molecule has 0 aliphatic carbocycles. The van der Waals surface area contributed by atoms with Gasteiger partial charge in [0.2, 0.25) is 0 Å². The van der Waals surface area contributed by atoms with Crippen LogP contribution in [0.15, 0.2) is 30.1 Å². The standard InChI is InChI=1S/C21H27N10O9PS/c22-18-15-20(25-7-23-18)31(10-28-15)14-2-1-12(39-14)3-29-42(35,36)40-17-11(5-37-13(17)6-38-41(33)34)4-30-9-27-16-19(30)24-8-26-21(16)32/h7-14,17,29,41H,1-6H2,(H,33,34)(H2,22,23,25)(H,24,26,32)/t11?,12-,13+,14+,17-/m0/s1. The van der Waals surface area contributed by atoms with E-state index in [9.17, 15) is 17.8 Å². The molecule has 0 aromatic carbocycles. The van der Waals surface area contributed by atoms with Crippen LogP contribution < -0.4 is 16.0 Å². The second kappa shape index (κ2) is 11.7. The number of rotatable bonds is 11. The number of ether oxygens (including phenoxy) is 2. The van der Waals surface area contributed by atoms with Gasteiger partial charge in [-0.2, -0.15) is 13.1 Å². The third kappa shape index (κ3) is 5.92. The molecule has 6 heterocycles. The highest BCUT2D eigenvalue weighted by molar-refractivity contribution is 7.84. The number of nitrogens with zero attached hydrogens (tertiary/aromatic N) is 7. The Balaban J connectivity index is 1.12. The lowest BCUT2D eigenvalue weighted by Gasteiger charge is -2.23. The van der Waals surface area contributed by atoms with Gasteiger partial charge in [-0.05, 0) is 12.8 Å². The van der Waals surface area contributed by atoms with Crippen molar-refractivity contribution in [2.45, 2.75) is 43.9 Å². The largest absolute Gasteiger partial charge is 0.382 e. The summed E-state index contributed by atoms with van der Waals surface area (Å²) in [6.07, 6.45) is 3.69. The molecule has 0 spiro atoms. The molecule has 4 aromatic rings. The number of H-pyrrole nitrogens is 1. The Hall–Kier alpha value is -3.36. The number of fused-ring (bicyclic) bond motifs is 2. The minimum atomic E-state index is -4.35. The Kier molecular flexibility index (Phi) is 8.03. The summed E-state index contributed by atoms with van der Waals surface area (Å²) in [4.78, 5) is 44.2. The summed E-state index contributed by atoms with van der Waals surface area (Å²) in [7, 11) is -7.65. The van der Waals surface area contributed by atoms with E-state index in [1.54, 1.807) is 15.5 Å². The summed E-state index contributed by atoms with van der Waals surface area (Å²) in [5, 5.41) is 0. The summed E-state index contributed by atoms with van der Waals surface area (Å²) in [5.74, 6) is -0.320. The maximum absolute atomic E-state index is 13.0. The van der Waals surface area contributed by atoms with Gasteiger partial charge in [-0.1, -0.05) is 0 Å². The number of nitrogens with one attached hydrogen (secondary N) is 2. The first-order valence-corrected chi connectivity index (χ1v) is 15.5. The minimum Gasteiger partial charge on any atom is -0.382 e. The molecular formula is C21H27N10O9PS. The van der Waals surface area contributed by atoms with Gasteiger partial charge in [0.1, 0.15) is 30.3 Å². The molecule has 4 aromatic heterocycles. The number of hydrogen-bond acceptors (Lipinski definition) is 14. The predicted molar refractivity (Wildman–Crippen MR) is 143 cm³/mol. The zero-order valence-corrected chi connectivity index (χ0v) is 23.6. The van der Waals surface area contributed by atoms with Crippen LogP contribution in [0.1, 0.15) is 19.1 Å². The lowest BCUT2D eigenvalue weighted by molar-refractivity contribution is 0.00515. The number of anilines is 1. The summed E-state index contributed by atoms with van der Waals surface area (Å²) in [5.41, 5.74) is 6.81. The number of nitrogen functional groups attached to an aromatic ring is 1. The number of aromatic amines is 1. The summed E-state index contributed by atoms with van der Waals surface area (Å²) in [6, 6.07) is 0. The average Bonchev–Trinajstić information content (AvgIpc) is 3.74. The van der Waals surface area contributed by atoms with Crippen molar-refractivity contribution in [3.63, 3.8) is 0 Å². The van der Waals surface area contributed by atoms with E-state index in [0.717, 1.165) is 0 Å². The van der Waals surface area contributed by atoms with Crippen LogP contribution in [0.25, 0.3) is 22.3 Å². The van der Waals surface area contributed by atoms with E-state index in [2.05, 4.69) is 34.6 Å². The Morgan fingerprint density at radius 1 is 1.17 bits per heavy atom. The molecule has 0 bridgehead atoms. The predicted octanol–water partition coefficient (Wildman–Crippen LogP) is -1.15. The molecule has 2 fully saturated rings. The van der Waals surface area contributed by atoms with Gasteiger partial charge in [0, 0.05) is 19.0 Å². The van der Waals surface area contributed by atoms with Crippen LogP contribution in [-0.2, 0) is 39.6 Å². The van der Waals surface area contributed by atoms with E-state index in [-0.39, 0.29) is 37.6 Å². The number of hydrogen-bond donors (Lipinski definition) is 4. The van der Waals surface area contributed by atoms with Gasteiger partial charge in [0.15, 0.2) is 22.6 Å². The van der Waals surface area contributed by atoms with Gasteiger partial charge in [0.25, 0.3) is 5.56 Å². The SMILES string of the molecule is Nc1ncnc2c1ncn2[C@H]1CC[C@@H](CNS(=O)(=O)O[C@H]2C(Cn3cnc4c(=O)[nH]cnc43)CO[C@@H]2CO[PH](=O)O)O1. The Morgan fingerprint density at radius 2 is 2.00 bits per heavy atom. The van der Waals surface area contributed by atoms with Crippen LogP contribution in [0.3, 0.4) is 0 Å². The van der Waals surface area contributed by atoms with Crippen molar-refractivity contribution in [1.29, 1.82) is 0 Å². The van der Waals surface area contributed by atoms with Crippen LogP contribution in [0.2, 0.25) is 0 Å². The average molecular weight is 627 g/mol. The molecule has 2 aliphatic rings. The molecule has 19 nitrogen and oxygen atoms in total. The fourth-order valence-electron chi connectivity index (χ4n) is 5.11. The summed E-state index contributed by atoms with van der Waals surface area (Å²) >= 11 is 0. The van der Waals surface area contributed by atoms with Crippen LogP contribution >= 0.6 is 8.25 Å². The van der Waals surface area contributed by atoms with E-state index in [1.807, 2.05) is 0 Å². The number of aromatic nitrogens is 8. The minimum absolute atomic E-state index is 0.0454. The molecule has 5 N–H and O–H groups in total. The Morgan fingerprint density at radius 3 is 2.83 bits per heavy atom. The molecule has 226 valence electrons. The molecule has 2 unspecified atom stereocenters. The second-order valence-electron chi connectivity index (χ2n) is 9.75. The van der Waals surface area contributed by atoms with Crippen molar-refractivity contribution in [2.75, 3.05) is 25.5 Å². The molecule has 42 heavy (non-hydrogen) atoms. The zero-order chi connectivity index (χ0) is 29.4. The lowest BCUT2D eigenvalue weighted by atomic mass is 10.0. The van der Waals surface area contributed by atoms with Crippen molar-refractivity contribution in [3.8, 4) is 0 Å². The van der Waals surface area contributed by atoms with Gasteiger partial charge in [-0.25, -0.2) is 24.9 Å². The molecule has 6 atom stereocenters. The molecule has 2 saturated heterocycles. The van der Waals surface area contributed by atoms with Crippen molar-refractivity contribution in [3.05, 3.63) is 35.7 Å². The molecule has 2 aliphatic heterocycles. The molecule has 0 saturated carbocycles. The molecule has 21 heteroatoms. The first kappa shape index (κ1) is 28.7.